The number of nitrogens with one attached hydrogen (secondary N) is 2. The number of aromatic nitrogens is 3. The number of carbonyl (C=O) groups excluding carboxylic acids is 1. The van der Waals surface area contributed by atoms with E-state index in [9.17, 15) is 26.8 Å². The molecule has 6 aromatic rings. The van der Waals surface area contributed by atoms with Gasteiger partial charge in [0.05, 0.1) is 28.1 Å². The summed E-state index contributed by atoms with van der Waals surface area (Å²) in [5, 5.41) is 2.95. The quantitative estimate of drug-likeness (QED) is 0.250. The van der Waals surface area contributed by atoms with E-state index in [-0.39, 0.29) is 50.6 Å². The number of hydrogen-bond acceptors (Lipinski definition) is 7. The van der Waals surface area contributed by atoms with Crippen LogP contribution in [0.15, 0.2) is 88.5 Å². The standard InChI is InChI=1S/C31H23F2N5O5S/c1-3-44(41,42)37-24-14-26-21(27(30(39)34-2)28(43-26)17-8-10-19(32)11-9-17)13-20(24)18-12-22-29(35-15-18)36-16-38(31(22)40)25-7-5-4-6-23(25)33/h4-16,37H,3H2,1-2H3,(H,34,39). The Kier molecular flexibility index (Phi) is 7.17. The molecule has 0 fully saturated rings. The van der Waals surface area contributed by atoms with Crippen LogP contribution < -0.4 is 15.6 Å². The van der Waals surface area contributed by atoms with Gasteiger partial charge in [-0.2, -0.15) is 0 Å². The molecule has 1 amide bonds. The van der Waals surface area contributed by atoms with Gasteiger partial charge in [0.2, 0.25) is 10.0 Å². The molecule has 0 radical (unpaired) electrons. The van der Waals surface area contributed by atoms with E-state index in [4.69, 9.17) is 4.42 Å². The van der Waals surface area contributed by atoms with Crippen LogP contribution in [0.3, 0.4) is 0 Å². The molecule has 10 nitrogen and oxygen atoms in total. The summed E-state index contributed by atoms with van der Waals surface area (Å²) in [4.78, 5) is 35.2. The number of benzene rings is 3. The summed E-state index contributed by atoms with van der Waals surface area (Å²) < 4.78 is 63.3. The lowest BCUT2D eigenvalue weighted by atomic mass is 9.99. The first kappa shape index (κ1) is 28.7. The molecular formula is C31H23F2N5O5S. The topological polar surface area (TPSA) is 136 Å². The molecule has 0 saturated heterocycles. The summed E-state index contributed by atoms with van der Waals surface area (Å²) in [7, 11) is -2.36. The van der Waals surface area contributed by atoms with Gasteiger partial charge >= 0.3 is 0 Å². The van der Waals surface area contributed by atoms with Crippen molar-refractivity contribution in [2.45, 2.75) is 6.92 Å². The number of amides is 1. The maximum absolute atomic E-state index is 14.5. The summed E-state index contributed by atoms with van der Waals surface area (Å²) >= 11 is 0. The van der Waals surface area contributed by atoms with Gasteiger partial charge in [-0.15, -0.1) is 0 Å². The number of hydrogen-bond donors (Lipinski definition) is 2. The van der Waals surface area contributed by atoms with Crippen molar-refractivity contribution in [2.75, 3.05) is 17.5 Å². The molecule has 44 heavy (non-hydrogen) atoms. The van der Waals surface area contributed by atoms with Crippen LogP contribution in [0.5, 0.6) is 0 Å². The minimum absolute atomic E-state index is 0.00272. The molecule has 222 valence electrons. The van der Waals surface area contributed by atoms with Crippen LogP contribution in [0.2, 0.25) is 0 Å². The third kappa shape index (κ3) is 5.07. The van der Waals surface area contributed by atoms with Gasteiger partial charge in [-0.1, -0.05) is 12.1 Å². The van der Waals surface area contributed by atoms with E-state index in [0.29, 0.717) is 16.5 Å². The summed E-state index contributed by atoms with van der Waals surface area (Å²) in [6.07, 6.45) is 2.59. The maximum atomic E-state index is 14.5. The Hall–Kier alpha value is -5.43. The van der Waals surface area contributed by atoms with Crippen LogP contribution in [0.1, 0.15) is 17.3 Å². The SMILES string of the molecule is CCS(=O)(=O)Nc1cc2oc(-c3ccc(F)cc3)c(C(=O)NC)c2cc1-c1cnc2ncn(-c3ccccc3F)c(=O)c2c1. The highest BCUT2D eigenvalue weighted by Gasteiger charge is 2.25. The van der Waals surface area contributed by atoms with Crippen molar-refractivity contribution in [1.29, 1.82) is 0 Å². The van der Waals surface area contributed by atoms with Gasteiger partial charge in [0, 0.05) is 41.4 Å². The second-order valence-electron chi connectivity index (χ2n) is 9.76. The number of halogens is 2. The first-order chi connectivity index (χ1) is 21.1. The van der Waals surface area contributed by atoms with Crippen molar-refractivity contribution in [1.82, 2.24) is 19.9 Å². The number of carbonyl (C=O) groups is 1. The van der Waals surface area contributed by atoms with Gasteiger partial charge in [0.15, 0.2) is 5.65 Å². The molecule has 0 spiro atoms. The fourth-order valence-corrected chi connectivity index (χ4v) is 5.49. The van der Waals surface area contributed by atoms with Crippen molar-refractivity contribution in [3.05, 3.63) is 107 Å². The number of fused-ring (bicyclic) bond motifs is 2. The largest absolute Gasteiger partial charge is 0.455 e. The van der Waals surface area contributed by atoms with Crippen molar-refractivity contribution in [3.63, 3.8) is 0 Å². The van der Waals surface area contributed by atoms with Crippen LogP contribution >= 0.6 is 0 Å². The van der Waals surface area contributed by atoms with Gasteiger partial charge in [-0.25, -0.2) is 27.2 Å². The minimum atomic E-state index is -3.80. The van der Waals surface area contributed by atoms with Crippen molar-refractivity contribution in [3.8, 4) is 28.1 Å². The lowest BCUT2D eigenvalue weighted by molar-refractivity contribution is 0.0964. The maximum Gasteiger partial charge on any atom is 0.267 e. The van der Waals surface area contributed by atoms with Gasteiger partial charge in [0.1, 0.15) is 29.3 Å². The monoisotopic (exact) mass is 615 g/mol. The molecule has 0 bridgehead atoms. The fraction of sp³-hybridized carbons (Fsp3) is 0.0968. The predicted molar refractivity (Wildman–Crippen MR) is 162 cm³/mol. The second-order valence-corrected chi connectivity index (χ2v) is 11.8. The number of anilines is 1. The van der Waals surface area contributed by atoms with Gasteiger partial charge in [-0.05, 0) is 55.5 Å². The molecule has 0 aliphatic heterocycles. The van der Waals surface area contributed by atoms with E-state index in [2.05, 4.69) is 20.0 Å². The van der Waals surface area contributed by atoms with Crippen LogP contribution in [-0.2, 0) is 10.0 Å². The van der Waals surface area contributed by atoms with E-state index in [1.807, 2.05) is 0 Å². The Morgan fingerprint density at radius 2 is 1.73 bits per heavy atom. The molecule has 13 heteroatoms. The van der Waals surface area contributed by atoms with Crippen LogP contribution in [0.4, 0.5) is 14.5 Å². The number of sulfonamides is 1. The Bertz CT molecular complexity index is 2260. The lowest BCUT2D eigenvalue weighted by Gasteiger charge is -2.13. The smallest absolute Gasteiger partial charge is 0.267 e. The van der Waals surface area contributed by atoms with Gasteiger partial charge in [0.25, 0.3) is 11.5 Å². The lowest BCUT2D eigenvalue weighted by Crippen LogP contribution is -2.20. The number of furan rings is 1. The van der Waals surface area contributed by atoms with Crippen LogP contribution in [0.25, 0.3) is 50.1 Å². The van der Waals surface area contributed by atoms with Gasteiger partial charge < -0.3 is 9.73 Å². The summed E-state index contributed by atoms with van der Waals surface area (Å²) in [5.41, 5.74) is 0.918. The fourth-order valence-electron chi connectivity index (χ4n) is 4.84. The number of para-hydroxylation sites is 1. The van der Waals surface area contributed by atoms with Crippen molar-refractivity contribution < 1.29 is 26.4 Å². The van der Waals surface area contributed by atoms with Gasteiger partial charge in [-0.3, -0.25) is 18.9 Å². The molecular weight excluding hydrogens is 592 g/mol. The molecule has 3 aromatic heterocycles. The van der Waals surface area contributed by atoms with E-state index >= 15 is 0 Å². The molecule has 0 unspecified atom stereocenters. The third-order valence-electron chi connectivity index (χ3n) is 7.07. The van der Waals surface area contributed by atoms with E-state index in [1.54, 1.807) is 12.1 Å². The molecule has 0 aliphatic rings. The second kappa shape index (κ2) is 11.0. The third-order valence-corrected chi connectivity index (χ3v) is 8.36. The highest BCUT2D eigenvalue weighted by molar-refractivity contribution is 7.92. The van der Waals surface area contributed by atoms with E-state index < -0.39 is 33.1 Å². The number of rotatable bonds is 7. The first-order valence-electron chi connectivity index (χ1n) is 13.3. The molecule has 3 aromatic carbocycles. The Labute approximate surface area is 249 Å². The first-order valence-corrected chi connectivity index (χ1v) is 15.0. The van der Waals surface area contributed by atoms with Crippen molar-refractivity contribution >= 4 is 43.6 Å². The highest BCUT2D eigenvalue weighted by Crippen LogP contribution is 2.40. The average molecular weight is 616 g/mol. The summed E-state index contributed by atoms with van der Waals surface area (Å²) in [6, 6.07) is 15.6. The zero-order valence-electron chi connectivity index (χ0n) is 23.3. The zero-order valence-corrected chi connectivity index (χ0v) is 24.1. The van der Waals surface area contributed by atoms with E-state index in [0.717, 1.165) is 4.57 Å². The summed E-state index contributed by atoms with van der Waals surface area (Å²) in [5.74, 6) is -1.68. The molecule has 0 saturated carbocycles. The zero-order chi connectivity index (χ0) is 31.2. The van der Waals surface area contributed by atoms with Crippen molar-refractivity contribution in [2.24, 2.45) is 0 Å². The average Bonchev–Trinajstić information content (AvgIpc) is 3.39. The Balaban J connectivity index is 1.62. The minimum Gasteiger partial charge on any atom is -0.455 e. The number of nitrogens with zero attached hydrogens (tertiary/aromatic N) is 3. The molecule has 6 rings (SSSR count). The van der Waals surface area contributed by atoms with Crippen LogP contribution in [-0.4, -0.2) is 41.7 Å². The predicted octanol–water partition coefficient (Wildman–Crippen LogP) is 5.26. The summed E-state index contributed by atoms with van der Waals surface area (Å²) in [6.45, 7) is 1.47. The molecule has 0 atom stereocenters. The van der Waals surface area contributed by atoms with E-state index in [1.165, 1.54) is 81.1 Å². The molecule has 2 N–H and O–H groups in total. The Morgan fingerprint density at radius 1 is 0.977 bits per heavy atom. The van der Waals surface area contributed by atoms with Crippen LogP contribution in [0, 0.1) is 11.6 Å². The number of pyridine rings is 1. The normalized spacial score (nSPS) is 11.6. The highest BCUT2D eigenvalue weighted by atomic mass is 32.2. The molecule has 3 heterocycles. The molecule has 0 aliphatic carbocycles. The Morgan fingerprint density at radius 3 is 2.43 bits per heavy atom.